The highest BCUT2D eigenvalue weighted by molar-refractivity contribution is 6.67. The molecule has 0 saturated carbocycles. The minimum atomic E-state index is -0.924. The average molecular weight is 403 g/mol. The lowest BCUT2D eigenvalue weighted by Crippen LogP contribution is -2.40. The molecule has 0 bridgehead atoms. The van der Waals surface area contributed by atoms with Gasteiger partial charge in [-0.05, 0) is 57.7 Å². The van der Waals surface area contributed by atoms with Gasteiger partial charge >= 0.3 is 11.9 Å². The molecular formula is C18H27ClN2O6. The summed E-state index contributed by atoms with van der Waals surface area (Å²) in [6, 6.07) is -0.917. The molecule has 27 heavy (non-hydrogen) atoms. The fourth-order valence-electron chi connectivity index (χ4n) is 2.41. The first-order valence-corrected chi connectivity index (χ1v) is 8.87. The molecule has 9 heteroatoms. The first-order valence-electron chi connectivity index (χ1n) is 8.49. The molecule has 0 aromatic heterocycles. The number of carbonyl (C=O) groups excluding carboxylic acids is 2. The van der Waals surface area contributed by atoms with Gasteiger partial charge in [-0.2, -0.15) is 0 Å². The second-order valence-electron chi connectivity index (χ2n) is 6.32. The van der Waals surface area contributed by atoms with Crippen molar-refractivity contribution in [3.8, 4) is 0 Å². The van der Waals surface area contributed by atoms with Gasteiger partial charge in [0, 0.05) is 17.7 Å². The van der Waals surface area contributed by atoms with Gasteiger partial charge in [0.2, 0.25) is 11.1 Å². The number of halogens is 1. The summed E-state index contributed by atoms with van der Waals surface area (Å²) in [6.45, 7) is 11.3. The summed E-state index contributed by atoms with van der Waals surface area (Å²) < 4.78 is 0. The van der Waals surface area contributed by atoms with Crippen LogP contribution < -0.4 is 5.32 Å². The number of hydrogen-bond acceptors (Lipinski definition) is 5. The highest BCUT2D eigenvalue weighted by Crippen LogP contribution is 2.19. The second kappa shape index (κ2) is 12.2. The van der Waals surface area contributed by atoms with Gasteiger partial charge in [-0.1, -0.05) is 13.2 Å². The third-order valence-electron chi connectivity index (χ3n) is 3.86. The van der Waals surface area contributed by atoms with Crippen molar-refractivity contribution < 1.29 is 29.4 Å². The monoisotopic (exact) mass is 402 g/mol. The molecule has 3 N–H and O–H groups in total. The highest BCUT2D eigenvalue weighted by atomic mass is 35.5. The lowest BCUT2D eigenvalue weighted by Gasteiger charge is -2.21. The number of carboxylic acids is 2. The predicted molar refractivity (Wildman–Crippen MR) is 102 cm³/mol. The van der Waals surface area contributed by atoms with E-state index in [2.05, 4.69) is 18.5 Å². The third kappa shape index (κ3) is 9.35. The lowest BCUT2D eigenvalue weighted by molar-refractivity contribution is -0.146. The maximum absolute atomic E-state index is 11.4. The Morgan fingerprint density at radius 3 is 1.85 bits per heavy atom. The number of rotatable bonds is 4. The van der Waals surface area contributed by atoms with E-state index in [4.69, 9.17) is 21.8 Å². The SMILES string of the molecule is C=C(C)C(=O)Cl.C=C(C)C(=O)N1CCC[C@@H]1C(=O)O.O=C(O)[C@H]1CCCN1. The largest absolute Gasteiger partial charge is 0.480 e. The van der Waals surface area contributed by atoms with E-state index in [0.717, 1.165) is 25.8 Å². The van der Waals surface area contributed by atoms with Crippen molar-refractivity contribution >= 4 is 34.7 Å². The lowest BCUT2D eigenvalue weighted by atomic mass is 10.2. The van der Waals surface area contributed by atoms with Crippen LogP contribution in [0.3, 0.4) is 0 Å². The summed E-state index contributed by atoms with van der Waals surface area (Å²) in [4.78, 5) is 43.5. The maximum atomic E-state index is 11.4. The topological polar surface area (TPSA) is 124 Å². The number of hydrogen-bond donors (Lipinski definition) is 3. The van der Waals surface area contributed by atoms with Crippen LogP contribution in [0, 0.1) is 0 Å². The fraction of sp³-hybridized carbons (Fsp3) is 0.556. The summed E-state index contributed by atoms with van der Waals surface area (Å²) in [7, 11) is 0. The smallest absolute Gasteiger partial charge is 0.326 e. The van der Waals surface area contributed by atoms with Crippen molar-refractivity contribution in [2.45, 2.75) is 51.6 Å². The molecule has 0 aromatic carbocycles. The van der Waals surface area contributed by atoms with Gasteiger partial charge in [-0.15, -0.1) is 0 Å². The van der Waals surface area contributed by atoms with Crippen LogP contribution in [-0.2, 0) is 19.2 Å². The molecule has 2 heterocycles. The Hall–Kier alpha value is -2.19. The predicted octanol–water partition coefficient (Wildman–Crippen LogP) is 1.79. The van der Waals surface area contributed by atoms with Gasteiger partial charge in [-0.25, -0.2) is 4.79 Å². The number of aliphatic carboxylic acids is 2. The van der Waals surface area contributed by atoms with E-state index in [1.54, 1.807) is 13.8 Å². The molecule has 2 fully saturated rings. The first kappa shape index (κ1) is 24.8. The zero-order valence-electron chi connectivity index (χ0n) is 15.7. The van der Waals surface area contributed by atoms with Crippen LogP contribution in [0.1, 0.15) is 39.5 Å². The van der Waals surface area contributed by atoms with Gasteiger partial charge in [0.05, 0.1) is 0 Å². The van der Waals surface area contributed by atoms with Crippen molar-refractivity contribution in [2.24, 2.45) is 0 Å². The Bertz CT molecular complexity index is 587. The Balaban J connectivity index is 0.000000413. The highest BCUT2D eigenvalue weighted by Gasteiger charge is 2.33. The third-order valence-corrected chi connectivity index (χ3v) is 4.18. The van der Waals surface area contributed by atoms with Crippen LogP contribution in [0.25, 0.3) is 0 Å². The number of nitrogens with one attached hydrogen (secondary N) is 1. The zero-order valence-corrected chi connectivity index (χ0v) is 16.4. The van der Waals surface area contributed by atoms with Crippen LogP contribution in [0.15, 0.2) is 24.3 Å². The Morgan fingerprint density at radius 2 is 1.56 bits per heavy atom. The standard InChI is InChI=1S/C9H13NO3.C5H9NO2.C4H5ClO/c1-6(2)8(11)10-5-3-4-7(10)9(12)13;7-5(8)4-2-1-3-6-4;1-3(2)4(5)6/h7H,1,3-5H2,2H3,(H,12,13);4,6H,1-3H2,(H,7,8);1H2,2H3/t7-;4-;/m11./s1. The van der Waals surface area contributed by atoms with Crippen LogP contribution >= 0.6 is 11.6 Å². The maximum Gasteiger partial charge on any atom is 0.326 e. The summed E-state index contributed by atoms with van der Waals surface area (Å²) in [5.41, 5.74) is 0.782. The molecule has 2 saturated heterocycles. The van der Waals surface area contributed by atoms with Gasteiger partial charge in [-0.3, -0.25) is 14.4 Å². The minimum Gasteiger partial charge on any atom is -0.480 e. The van der Waals surface area contributed by atoms with Gasteiger partial charge in [0.25, 0.3) is 0 Å². The van der Waals surface area contributed by atoms with E-state index >= 15 is 0 Å². The molecule has 2 aliphatic rings. The van der Waals surface area contributed by atoms with E-state index in [9.17, 15) is 19.2 Å². The molecule has 152 valence electrons. The number of likely N-dealkylation sites (tertiary alicyclic amines) is 1. The molecule has 0 aliphatic carbocycles. The Morgan fingerprint density at radius 1 is 1.00 bits per heavy atom. The second-order valence-corrected chi connectivity index (χ2v) is 6.66. The molecule has 1 amide bonds. The number of allylic oxidation sites excluding steroid dienone is 1. The molecule has 0 spiro atoms. The quantitative estimate of drug-likeness (QED) is 0.483. The van der Waals surface area contributed by atoms with E-state index < -0.39 is 23.2 Å². The van der Waals surface area contributed by atoms with E-state index in [1.165, 1.54) is 4.90 Å². The van der Waals surface area contributed by atoms with Crippen LogP contribution in [0.4, 0.5) is 0 Å². The number of nitrogens with zero attached hydrogens (tertiary/aromatic N) is 1. The molecule has 0 radical (unpaired) electrons. The van der Waals surface area contributed by atoms with Crippen molar-refractivity contribution in [2.75, 3.05) is 13.1 Å². The molecule has 2 atom stereocenters. The number of carboxylic acid groups (broad SMARTS) is 2. The summed E-state index contributed by atoms with van der Waals surface area (Å²) in [6.07, 6.45) is 3.09. The molecule has 2 aliphatic heterocycles. The molecule has 2 rings (SSSR count). The van der Waals surface area contributed by atoms with Crippen LogP contribution in [0.2, 0.25) is 0 Å². The Kier molecular flexibility index (Phi) is 11.2. The van der Waals surface area contributed by atoms with Crippen LogP contribution in [0.5, 0.6) is 0 Å². The van der Waals surface area contributed by atoms with E-state index in [0.29, 0.717) is 24.1 Å². The van der Waals surface area contributed by atoms with Crippen molar-refractivity contribution in [3.05, 3.63) is 24.3 Å². The molecule has 0 aromatic rings. The molecule has 8 nitrogen and oxygen atoms in total. The van der Waals surface area contributed by atoms with Crippen molar-refractivity contribution in [1.29, 1.82) is 0 Å². The summed E-state index contributed by atoms with van der Waals surface area (Å²) >= 11 is 4.87. The zero-order chi connectivity index (χ0) is 21.1. The molecule has 0 unspecified atom stereocenters. The number of amides is 1. The minimum absolute atomic E-state index is 0.245. The van der Waals surface area contributed by atoms with Crippen molar-refractivity contribution in [1.82, 2.24) is 10.2 Å². The van der Waals surface area contributed by atoms with Gasteiger partial charge < -0.3 is 20.4 Å². The fourth-order valence-corrected chi connectivity index (χ4v) is 2.41. The van der Waals surface area contributed by atoms with E-state index in [1.807, 2.05) is 0 Å². The summed E-state index contributed by atoms with van der Waals surface area (Å²) in [5, 5.41) is 19.5. The van der Waals surface area contributed by atoms with Gasteiger partial charge in [0.1, 0.15) is 12.1 Å². The molecular weight excluding hydrogens is 376 g/mol. The Labute approximate surface area is 163 Å². The van der Waals surface area contributed by atoms with Crippen molar-refractivity contribution in [3.63, 3.8) is 0 Å². The summed E-state index contributed by atoms with van der Waals surface area (Å²) in [5.74, 6) is -1.89. The van der Waals surface area contributed by atoms with Gasteiger partial charge in [0.15, 0.2) is 0 Å². The van der Waals surface area contributed by atoms with E-state index in [-0.39, 0.29) is 11.9 Å². The first-order chi connectivity index (χ1) is 12.5. The van der Waals surface area contributed by atoms with Crippen LogP contribution in [-0.4, -0.2) is 63.4 Å². The number of carbonyl (C=O) groups is 4. The average Bonchev–Trinajstić information content (AvgIpc) is 3.26. The normalized spacial score (nSPS) is 20.5.